The topological polar surface area (TPSA) is 60.4 Å². The third kappa shape index (κ3) is 2.87. The summed E-state index contributed by atoms with van der Waals surface area (Å²) in [5.41, 5.74) is -3.78. The number of benzene rings is 1. The van der Waals surface area contributed by atoms with Crippen LogP contribution in [0.3, 0.4) is 0 Å². The second-order valence-electron chi connectivity index (χ2n) is 8.18. The Morgan fingerprint density at radius 3 is 2.59 bits per heavy atom. The van der Waals surface area contributed by atoms with Gasteiger partial charge in [0, 0.05) is 11.8 Å². The molecule has 0 aromatic heterocycles. The lowest BCUT2D eigenvalue weighted by atomic mass is 9.55. The number of hydrogen-bond acceptors (Lipinski definition) is 4. The number of carbonyl (C=O) groups excluding carboxylic acids is 1. The molecule has 0 radical (unpaired) electrons. The molecule has 8 heteroatoms. The summed E-state index contributed by atoms with van der Waals surface area (Å²) in [6.45, 7) is 2.08. The Kier molecular flexibility index (Phi) is 4.15. The van der Waals surface area contributed by atoms with Crippen LogP contribution in [-0.4, -0.2) is 19.7 Å². The minimum atomic E-state index is -5.66. The monoisotopic (exact) mass is 402 g/mol. The van der Waals surface area contributed by atoms with Crippen LogP contribution in [0.1, 0.15) is 56.1 Å². The molecule has 2 fully saturated rings. The molecule has 3 aliphatic carbocycles. The summed E-state index contributed by atoms with van der Waals surface area (Å²) >= 11 is 0. The molecule has 0 saturated heterocycles. The first kappa shape index (κ1) is 18.8. The zero-order valence-electron chi connectivity index (χ0n) is 14.9. The van der Waals surface area contributed by atoms with Crippen molar-refractivity contribution in [3.63, 3.8) is 0 Å². The fourth-order valence-electron chi connectivity index (χ4n) is 5.56. The first-order valence-corrected chi connectivity index (χ1v) is 10.6. The van der Waals surface area contributed by atoms with E-state index in [1.807, 2.05) is 0 Å². The van der Waals surface area contributed by atoms with Crippen LogP contribution < -0.4 is 4.18 Å². The van der Waals surface area contributed by atoms with Crippen LogP contribution in [0.4, 0.5) is 13.2 Å². The highest BCUT2D eigenvalue weighted by Gasteiger charge is 2.54. The van der Waals surface area contributed by atoms with Gasteiger partial charge in [-0.25, -0.2) is 0 Å². The lowest BCUT2D eigenvalue weighted by Gasteiger charge is -2.48. The van der Waals surface area contributed by atoms with E-state index in [2.05, 4.69) is 11.1 Å². The molecular weight excluding hydrogens is 381 g/mol. The highest BCUT2D eigenvalue weighted by atomic mass is 32.2. The van der Waals surface area contributed by atoms with Gasteiger partial charge in [-0.15, -0.1) is 0 Å². The van der Waals surface area contributed by atoms with Crippen LogP contribution in [-0.2, 0) is 21.3 Å². The lowest BCUT2D eigenvalue weighted by molar-refractivity contribution is -0.129. The first-order valence-electron chi connectivity index (χ1n) is 9.20. The molecule has 0 spiro atoms. The van der Waals surface area contributed by atoms with E-state index in [9.17, 15) is 26.4 Å². The molecule has 4 rings (SSSR count). The normalized spacial score (nSPS) is 33.2. The average Bonchev–Trinajstić information content (AvgIpc) is 2.88. The zero-order chi connectivity index (χ0) is 19.6. The van der Waals surface area contributed by atoms with E-state index in [0.29, 0.717) is 30.5 Å². The Morgan fingerprint density at radius 1 is 1.15 bits per heavy atom. The molecule has 4 nitrogen and oxygen atoms in total. The lowest BCUT2D eigenvalue weighted by Crippen LogP contribution is -2.42. The number of alkyl halides is 3. The van der Waals surface area contributed by atoms with Crippen molar-refractivity contribution in [1.29, 1.82) is 0 Å². The van der Waals surface area contributed by atoms with Crippen LogP contribution in [0, 0.1) is 17.3 Å². The van der Waals surface area contributed by atoms with E-state index >= 15 is 0 Å². The summed E-state index contributed by atoms with van der Waals surface area (Å²) in [6.07, 6.45) is 4.77. The van der Waals surface area contributed by atoms with Gasteiger partial charge in [0.1, 0.15) is 11.5 Å². The van der Waals surface area contributed by atoms with Crippen LogP contribution in [0.5, 0.6) is 5.75 Å². The quantitative estimate of drug-likeness (QED) is 0.545. The first-order chi connectivity index (χ1) is 12.5. The zero-order valence-corrected chi connectivity index (χ0v) is 15.7. The molecule has 4 atom stereocenters. The average molecular weight is 402 g/mol. The molecule has 0 amide bonds. The second-order valence-corrected chi connectivity index (χ2v) is 9.72. The fraction of sp³-hybridized carbons (Fsp3) is 0.632. The number of halogens is 3. The smallest absolute Gasteiger partial charge is 0.376 e. The van der Waals surface area contributed by atoms with E-state index in [-0.39, 0.29) is 17.1 Å². The predicted octanol–water partition coefficient (Wildman–Crippen LogP) is 4.34. The summed E-state index contributed by atoms with van der Waals surface area (Å²) < 4.78 is 64.3. The Hall–Kier alpha value is -1.57. The third-order valence-corrected chi connectivity index (χ3v) is 7.88. The van der Waals surface area contributed by atoms with E-state index in [1.54, 1.807) is 6.07 Å². The number of Topliss-reactive ketones (excluding diaryl/α,β-unsaturated/α-hetero) is 1. The van der Waals surface area contributed by atoms with Gasteiger partial charge < -0.3 is 4.18 Å². The Balaban J connectivity index is 1.61. The molecule has 0 unspecified atom stereocenters. The summed E-state index contributed by atoms with van der Waals surface area (Å²) in [6, 6.07) is 4.42. The van der Waals surface area contributed by atoms with Crippen molar-refractivity contribution < 1.29 is 30.6 Å². The number of fused-ring (bicyclic) bond motifs is 5. The van der Waals surface area contributed by atoms with E-state index in [4.69, 9.17) is 0 Å². The number of rotatable bonds is 2. The molecule has 1 aromatic rings. The molecule has 0 N–H and O–H groups in total. The van der Waals surface area contributed by atoms with Crippen molar-refractivity contribution in [3.05, 3.63) is 29.3 Å². The maximum absolute atomic E-state index is 12.5. The van der Waals surface area contributed by atoms with Gasteiger partial charge in [0.2, 0.25) is 0 Å². The van der Waals surface area contributed by atoms with E-state index in [1.165, 1.54) is 12.1 Å². The Labute approximate surface area is 156 Å². The molecule has 0 aliphatic heterocycles. The molecule has 0 bridgehead atoms. The second kappa shape index (κ2) is 5.96. The Bertz CT molecular complexity index is 893. The van der Waals surface area contributed by atoms with Crippen LogP contribution in [0.15, 0.2) is 18.2 Å². The molecule has 148 valence electrons. The molecule has 2 saturated carbocycles. The van der Waals surface area contributed by atoms with Crippen LogP contribution >= 0.6 is 0 Å². The maximum atomic E-state index is 12.5. The van der Waals surface area contributed by atoms with Crippen molar-refractivity contribution >= 4 is 15.9 Å². The maximum Gasteiger partial charge on any atom is 0.534 e. The number of carbonyl (C=O) groups is 1. The summed E-state index contributed by atoms with van der Waals surface area (Å²) in [7, 11) is -5.66. The van der Waals surface area contributed by atoms with E-state index < -0.39 is 15.6 Å². The Morgan fingerprint density at radius 2 is 1.89 bits per heavy atom. The number of hydrogen-bond donors (Lipinski definition) is 0. The minimum Gasteiger partial charge on any atom is -0.376 e. The summed E-state index contributed by atoms with van der Waals surface area (Å²) in [5.74, 6) is 1.08. The van der Waals surface area contributed by atoms with Gasteiger partial charge in [0.15, 0.2) is 0 Å². The van der Waals surface area contributed by atoms with Gasteiger partial charge in [-0.1, -0.05) is 13.0 Å². The SMILES string of the molecule is C[C@]12CC[C@@H]3c4ccc(OS(=O)(=O)C(F)(F)F)cc4CC[C@H]3[C@@H]1CCC2=O. The minimum absolute atomic E-state index is 0.234. The van der Waals surface area contributed by atoms with Crippen LogP contribution in [0.25, 0.3) is 0 Å². The van der Waals surface area contributed by atoms with Crippen molar-refractivity contribution in [2.75, 3.05) is 0 Å². The molecule has 0 heterocycles. The molecule has 1 aromatic carbocycles. The van der Waals surface area contributed by atoms with Gasteiger partial charge in [0.25, 0.3) is 0 Å². The third-order valence-electron chi connectivity index (χ3n) is 6.90. The number of aryl methyl sites for hydroxylation is 1. The fourth-order valence-corrected chi connectivity index (χ4v) is 6.01. The highest BCUT2D eigenvalue weighted by Crippen LogP contribution is 2.59. The predicted molar refractivity (Wildman–Crippen MR) is 91.7 cm³/mol. The molecule has 27 heavy (non-hydrogen) atoms. The van der Waals surface area contributed by atoms with Crippen molar-refractivity contribution in [3.8, 4) is 5.75 Å². The van der Waals surface area contributed by atoms with Gasteiger partial charge in [-0.05, 0) is 73.1 Å². The number of ketones is 1. The molecular formula is C19H21F3O4S. The summed E-state index contributed by atoms with van der Waals surface area (Å²) in [5, 5.41) is 0. The van der Waals surface area contributed by atoms with Crippen molar-refractivity contribution in [1.82, 2.24) is 0 Å². The van der Waals surface area contributed by atoms with E-state index in [0.717, 1.165) is 36.8 Å². The van der Waals surface area contributed by atoms with Crippen LogP contribution in [0.2, 0.25) is 0 Å². The molecule has 3 aliphatic rings. The van der Waals surface area contributed by atoms with Gasteiger partial charge in [-0.3, -0.25) is 4.79 Å². The largest absolute Gasteiger partial charge is 0.534 e. The van der Waals surface area contributed by atoms with Gasteiger partial charge >= 0.3 is 15.6 Å². The van der Waals surface area contributed by atoms with Gasteiger partial charge in [0.05, 0.1) is 0 Å². The van der Waals surface area contributed by atoms with Crippen molar-refractivity contribution in [2.24, 2.45) is 17.3 Å². The van der Waals surface area contributed by atoms with Gasteiger partial charge in [-0.2, -0.15) is 21.6 Å². The van der Waals surface area contributed by atoms with Crippen molar-refractivity contribution in [2.45, 2.75) is 56.9 Å². The highest BCUT2D eigenvalue weighted by molar-refractivity contribution is 7.88. The summed E-state index contributed by atoms with van der Waals surface area (Å²) in [4.78, 5) is 12.3. The standard InChI is InChI=1S/C19H21F3O4S/c1-18-9-8-14-13-5-3-12(26-27(24,25)19(20,21)22)10-11(13)2-4-15(14)16(18)6-7-17(18)23/h3,5,10,14-16H,2,4,6-9H2,1H3/t14-,15-,16+,18+/m1/s1.